The summed E-state index contributed by atoms with van der Waals surface area (Å²) in [5.74, 6) is 0.457. The predicted molar refractivity (Wildman–Crippen MR) is 49.3 cm³/mol. The zero-order chi connectivity index (χ0) is 9.84. The Morgan fingerprint density at radius 1 is 1.77 bits per heavy atom. The molecule has 74 valence electrons. The van der Waals surface area contributed by atoms with Crippen LogP contribution in [0.15, 0.2) is 5.10 Å². The van der Waals surface area contributed by atoms with Crippen LogP contribution in [0.25, 0.3) is 0 Å². The van der Waals surface area contributed by atoms with Crippen molar-refractivity contribution >= 4 is 11.7 Å². The Morgan fingerprint density at radius 2 is 2.46 bits per heavy atom. The Balaban J connectivity index is 2.59. The van der Waals surface area contributed by atoms with Crippen LogP contribution in [-0.2, 0) is 4.74 Å². The van der Waals surface area contributed by atoms with Gasteiger partial charge in [0, 0.05) is 7.11 Å². The van der Waals surface area contributed by atoms with Gasteiger partial charge in [-0.2, -0.15) is 5.10 Å². The van der Waals surface area contributed by atoms with Crippen LogP contribution in [0.3, 0.4) is 0 Å². The molecule has 0 aromatic heterocycles. The summed E-state index contributed by atoms with van der Waals surface area (Å²) in [6, 6.07) is -0.637. The van der Waals surface area contributed by atoms with Gasteiger partial charge in [-0.3, -0.25) is 0 Å². The highest BCUT2D eigenvalue weighted by Gasteiger charge is 2.29. The van der Waals surface area contributed by atoms with Crippen molar-refractivity contribution in [3.8, 4) is 0 Å². The second-order valence-electron chi connectivity index (χ2n) is 3.25. The molecule has 0 bridgehead atoms. The van der Waals surface area contributed by atoms with E-state index in [1.165, 1.54) is 0 Å². The lowest BCUT2D eigenvalue weighted by Crippen LogP contribution is -2.29. The number of nitrogens with two attached hydrogens (primary N) is 1. The van der Waals surface area contributed by atoms with E-state index in [0.29, 0.717) is 5.92 Å². The zero-order valence-electron chi connectivity index (χ0n) is 7.91. The highest BCUT2D eigenvalue weighted by atomic mass is 16.5. The standard InChI is InChI=1S/C8H15N3O2/c1-5-3-4-6(7(5)13-2)10-11-8(9)12/h5,7H,3-4H2,1-2H3,(H3,9,11,12)/b10-6-. The van der Waals surface area contributed by atoms with E-state index in [4.69, 9.17) is 10.5 Å². The van der Waals surface area contributed by atoms with Crippen molar-refractivity contribution in [1.29, 1.82) is 0 Å². The van der Waals surface area contributed by atoms with Gasteiger partial charge in [0.05, 0.1) is 11.8 Å². The van der Waals surface area contributed by atoms with Gasteiger partial charge in [0.25, 0.3) is 0 Å². The van der Waals surface area contributed by atoms with Crippen LogP contribution in [0.4, 0.5) is 4.79 Å². The summed E-state index contributed by atoms with van der Waals surface area (Å²) in [4.78, 5) is 10.4. The first-order valence-corrected chi connectivity index (χ1v) is 4.30. The molecule has 0 saturated heterocycles. The molecule has 5 nitrogen and oxygen atoms in total. The Bertz CT molecular complexity index is 227. The molecule has 3 N–H and O–H groups in total. The minimum Gasteiger partial charge on any atom is -0.375 e. The molecular weight excluding hydrogens is 170 g/mol. The molecule has 1 aliphatic rings. The van der Waals surface area contributed by atoms with Crippen LogP contribution < -0.4 is 11.2 Å². The van der Waals surface area contributed by atoms with Gasteiger partial charge < -0.3 is 10.5 Å². The fourth-order valence-corrected chi connectivity index (χ4v) is 1.61. The summed E-state index contributed by atoms with van der Waals surface area (Å²) in [7, 11) is 1.65. The van der Waals surface area contributed by atoms with Crippen molar-refractivity contribution in [2.45, 2.75) is 25.9 Å². The van der Waals surface area contributed by atoms with Gasteiger partial charge in [-0.25, -0.2) is 10.2 Å². The molecular formula is C8H15N3O2. The molecule has 0 aromatic carbocycles. The molecule has 0 spiro atoms. The topological polar surface area (TPSA) is 76.7 Å². The summed E-state index contributed by atoms with van der Waals surface area (Å²) < 4.78 is 5.25. The number of hydrazone groups is 1. The second kappa shape index (κ2) is 4.23. The van der Waals surface area contributed by atoms with Gasteiger partial charge in [0.1, 0.15) is 0 Å². The summed E-state index contributed by atoms with van der Waals surface area (Å²) in [6.07, 6.45) is 1.92. The highest BCUT2D eigenvalue weighted by Crippen LogP contribution is 2.24. The number of amides is 2. The molecule has 13 heavy (non-hydrogen) atoms. The van der Waals surface area contributed by atoms with Gasteiger partial charge in [-0.05, 0) is 18.8 Å². The fourth-order valence-electron chi connectivity index (χ4n) is 1.61. The van der Waals surface area contributed by atoms with E-state index in [9.17, 15) is 4.79 Å². The van der Waals surface area contributed by atoms with Crippen LogP contribution in [0.2, 0.25) is 0 Å². The van der Waals surface area contributed by atoms with Crippen LogP contribution in [0, 0.1) is 5.92 Å². The number of urea groups is 1. The van der Waals surface area contributed by atoms with Gasteiger partial charge in [0.15, 0.2) is 0 Å². The number of carbonyl (C=O) groups excluding carboxylic acids is 1. The molecule has 5 heteroatoms. The average molecular weight is 185 g/mol. The zero-order valence-corrected chi connectivity index (χ0v) is 7.91. The number of carbonyl (C=O) groups is 1. The van der Waals surface area contributed by atoms with Crippen LogP contribution in [0.5, 0.6) is 0 Å². The maximum absolute atomic E-state index is 10.4. The fraction of sp³-hybridized carbons (Fsp3) is 0.750. The third kappa shape index (κ3) is 2.42. The number of nitrogens with one attached hydrogen (secondary N) is 1. The average Bonchev–Trinajstić information content (AvgIpc) is 2.42. The highest BCUT2D eigenvalue weighted by molar-refractivity contribution is 5.91. The van der Waals surface area contributed by atoms with Gasteiger partial charge in [-0.1, -0.05) is 6.92 Å². The lowest BCUT2D eigenvalue weighted by Gasteiger charge is -2.13. The molecule has 2 atom stereocenters. The molecule has 0 aromatic rings. The van der Waals surface area contributed by atoms with E-state index in [-0.39, 0.29) is 6.10 Å². The minimum absolute atomic E-state index is 0.0202. The van der Waals surface area contributed by atoms with E-state index < -0.39 is 6.03 Å². The van der Waals surface area contributed by atoms with Crippen molar-refractivity contribution in [3.05, 3.63) is 0 Å². The summed E-state index contributed by atoms with van der Waals surface area (Å²) in [6.45, 7) is 2.10. The molecule has 1 saturated carbocycles. The van der Waals surface area contributed by atoms with E-state index in [1.807, 2.05) is 0 Å². The molecule has 2 amide bonds. The molecule has 1 fully saturated rings. The Hall–Kier alpha value is -1.10. The first kappa shape index (κ1) is 9.98. The normalized spacial score (nSPS) is 30.8. The molecule has 1 rings (SSSR count). The molecule has 0 radical (unpaired) electrons. The van der Waals surface area contributed by atoms with E-state index in [1.54, 1.807) is 7.11 Å². The number of hydrogen-bond donors (Lipinski definition) is 2. The summed E-state index contributed by atoms with van der Waals surface area (Å²) >= 11 is 0. The largest absolute Gasteiger partial charge is 0.375 e. The Morgan fingerprint density at radius 3 is 3.00 bits per heavy atom. The van der Waals surface area contributed by atoms with Crippen molar-refractivity contribution < 1.29 is 9.53 Å². The third-order valence-corrected chi connectivity index (χ3v) is 2.26. The maximum Gasteiger partial charge on any atom is 0.332 e. The quantitative estimate of drug-likeness (QED) is 0.613. The maximum atomic E-state index is 10.4. The molecule has 2 unspecified atom stereocenters. The second-order valence-corrected chi connectivity index (χ2v) is 3.25. The van der Waals surface area contributed by atoms with Gasteiger partial charge in [-0.15, -0.1) is 0 Å². The van der Waals surface area contributed by atoms with Crippen LogP contribution >= 0.6 is 0 Å². The number of hydrogen-bond acceptors (Lipinski definition) is 3. The van der Waals surface area contributed by atoms with Gasteiger partial charge in [0.2, 0.25) is 0 Å². The van der Waals surface area contributed by atoms with Crippen molar-refractivity contribution in [3.63, 3.8) is 0 Å². The van der Waals surface area contributed by atoms with Crippen LogP contribution in [-0.4, -0.2) is 25.0 Å². The number of rotatable bonds is 2. The van der Waals surface area contributed by atoms with Crippen molar-refractivity contribution in [1.82, 2.24) is 5.43 Å². The number of nitrogens with zero attached hydrogens (tertiary/aromatic N) is 1. The van der Waals surface area contributed by atoms with Crippen molar-refractivity contribution in [2.24, 2.45) is 16.8 Å². The number of methoxy groups -OCH3 is 1. The SMILES string of the molecule is COC1/C(=N\NC(N)=O)CCC1C. The van der Waals surface area contributed by atoms with Crippen LogP contribution in [0.1, 0.15) is 19.8 Å². The monoisotopic (exact) mass is 185 g/mol. The summed E-state index contributed by atoms with van der Waals surface area (Å²) in [5.41, 5.74) is 7.98. The number of primary amides is 1. The van der Waals surface area contributed by atoms with Crippen molar-refractivity contribution in [2.75, 3.05) is 7.11 Å². The Kier molecular flexibility index (Phi) is 3.25. The lowest BCUT2D eigenvalue weighted by molar-refractivity contribution is 0.121. The van der Waals surface area contributed by atoms with E-state index in [2.05, 4.69) is 17.5 Å². The number of ether oxygens (including phenoxy) is 1. The Labute approximate surface area is 77.3 Å². The van der Waals surface area contributed by atoms with E-state index in [0.717, 1.165) is 18.6 Å². The third-order valence-electron chi connectivity index (χ3n) is 2.26. The smallest absolute Gasteiger partial charge is 0.332 e. The molecule has 0 heterocycles. The first-order chi connectivity index (χ1) is 6.15. The summed E-state index contributed by atoms with van der Waals surface area (Å²) in [5, 5.41) is 3.89. The lowest BCUT2D eigenvalue weighted by atomic mass is 10.1. The first-order valence-electron chi connectivity index (χ1n) is 4.30. The minimum atomic E-state index is -0.637. The van der Waals surface area contributed by atoms with E-state index >= 15 is 0 Å². The molecule has 1 aliphatic carbocycles. The predicted octanol–water partition coefficient (Wildman–Crippen LogP) is 0.456. The molecule has 0 aliphatic heterocycles. The van der Waals surface area contributed by atoms with Gasteiger partial charge >= 0.3 is 6.03 Å².